The Bertz CT molecular complexity index is 1070. The van der Waals surface area contributed by atoms with Crippen LogP contribution in [-0.4, -0.2) is 97.9 Å². The number of hydrogen-bond donors (Lipinski definition) is 0. The largest absolute Gasteiger partial charge is 0.456 e. The zero-order valence-electron chi connectivity index (χ0n) is 18.7. The molecule has 174 valence electrons. The summed E-state index contributed by atoms with van der Waals surface area (Å²) in [7, 11) is 1.67. The molecule has 3 aliphatic heterocycles. The Morgan fingerprint density at radius 1 is 1.21 bits per heavy atom. The molecular weight excluding hydrogens is 428 g/mol. The molecule has 12 heteroatoms. The van der Waals surface area contributed by atoms with Gasteiger partial charge in [0.1, 0.15) is 12.9 Å². The highest BCUT2D eigenvalue weighted by Crippen LogP contribution is 2.45. The van der Waals surface area contributed by atoms with Gasteiger partial charge in [0.15, 0.2) is 5.82 Å². The van der Waals surface area contributed by atoms with Crippen LogP contribution in [0.15, 0.2) is 30.0 Å². The number of carbonyl (C=O) groups is 2. The second kappa shape index (κ2) is 8.60. The first-order valence-electron chi connectivity index (χ1n) is 11.0. The first kappa shape index (κ1) is 21.6. The van der Waals surface area contributed by atoms with E-state index in [9.17, 15) is 9.59 Å². The summed E-state index contributed by atoms with van der Waals surface area (Å²) in [5.41, 5.74) is 1.54. The van der Waals surface area contributed by atoms with Crippen LogP contribution in [0.2, 0.25) is 0 Å². The molecule has 2 aromatic rings. The van der Waals surface area contributed by atoms with E-state index < -0.39 is 5.41 Å². The van der Waals surface area contributed by atoms with Crippen LogP contribution in [-0.2, 0) is 25.5 Å². The summed E-state index contributed by atoms with van der Waals surface area (Å²) in [6.07, 6.45) is 6.80. The van der Waals surface area contributed by atoms with Crippen LogP contribution in [0.5, 0.6) is 0 Å². The molecule has 2 unspecified atom stereocenters. The van der Waals surface area contributed by atoms with Crippen LogP contribution in [0.1, 0.15) is 25.5 Å². The lowest BCUT2D eigenvalue weighted by Crippen LogP contribution is -2.55. The number of esters is 1. The number of rotatable bonds is 6. The third kappa shape index (κ3) is 3.78. The Labute approximate surface area is 190 Å². The van der Waals surface area contributed by atoms with Crippen molar-refractivity contribution in [3.63, 3.8) is 0 Å². The average Bonchev–Trinajstić information content (AvgIpc) is 3.56. The normalized spacial score (nSPS) is 26.0. The van der Waals surface area contributed by atoms with E-state index in [1.54, 1.807) is 31.3 Å². The Morgan fingerprint density at radius 3 is 2.73 bits per heavy atom. The molecule has 12 nitrogen and oxygen atoms in total. The van der Waals surface area contributed by atoms with Gasteiger partial charge in [0.2, 0.25) is 5.91 Å². The molecule has 1 spiro atoms. The van der Waals surface area contributed by atoms with Crippen LogP contribution < -0.4 is 0 Å². The maximum Gasteiger partial charge on any atom is 0.336 e. The lowest BCUT2D eigenvalue weighted by Gasteiger charge is -2.43. The molecule has 2 aromatic heterocycles. The molecule has 2 atom stereocenters. The molecule has 0 saturated carbocycles. The Balaban J connectivity index is 1.21. The van der Waals surface area contributed by atoms with Gasteiger partial charge in [-0.1, -0.05) is 0 Å². The van der Waals surface area contributed by atoms with Gasteiger partial charge in [-0.05, 0) is 36.7 Å². The van der Waals surface area contributed by atoms with Gasteiger partial charge in [-0.25, -0.2) is 9.78 Å². The van der Waals surface area contributed by atoms with Crippen LogP contribution in [0.3, 0.4) is 0 Å². The second-order valence-corrected chi connectivity index (χ2v) is 8.66. The molecule has 0 aliphatic carbocycles. The van der Waals surface area contributed by atoms with E-state index in [2.05, 4.69) is 30.4 Å². The van der Waals surface area contributed by atoms with Gasteiger partial charge in [-0.3, -0.25) is 9.78 Å². The van der Waals surface area contributed by atoms with Crippen molar-refractivity contribution in [1.82, 2.24) is 40.0 Å². The molecule has 33 heavy (non-hydrogen) atoms. The van der Waals surface area contributed by atoms with Gasteiger partial charge in [-0.15, -0.1) is 5.10 Å². The maximum absolute atomic E-state index is 13.5. The molecule has 2 fully saturated rings. The number of piperidine rings is 1. The molecule has 0 aromatic carbocycles. The fourth-order valence-electron chi connectivity index (χ4n) is 4.98. The van der Waals surface area contributed by atoms with Gasteiger partial charge in [0, 0.05) is 33.2 Å². The minimum atomic E-state index is -0.558. The zero-order chi connectivity index (χ0) is 23.0. The molecule has 0 N–H and O–H groups in total. The SMILES string of the molecule is COC1CN(CCc2cnc(-n3cnnn3)cn2)CCC12CCN(C1=C(C)C(=O)OC1)C2=O. The van der Waals surface area contributed by atoms with Crippen molar-refractivity contribution in [2.75, 3.05) is 39.9 Å². The standard InChI is InChI=1S/C21H26N8O4/c1-14-16(12-33-19(14)30)28-8-5-21(20(28)31)4-7-27(11-17(21)32-2)6-3-15-9-23-18(10-22-15)29-13-24-25-26-29/h9-10,13,17H,3-8,11-12H2,1-2H3. The number of likely N-dealkylation sites (tertiary alicyclic amines) is 2. The van der Waals surface area contributed by atoms with Gasteiger partial charge in [0.25, 0.3) is 0 Å². The lowest BCUT2D eigenvalue weighted by atomic mass is 9.74. The van der Waals surface area contributed by atoms with E-state index in [1.165, 1.54) is 11.0 Å². The average molecular weight is 454 g/mol. The van der Waals surface area contributed by atoms with Crippen LogP contribution in [0, 0.1) is 5.41 Å². The smallest absolute Gasteiger partial charge is 0.336 e. The van der Waals surface area contributed by atoms with Crippen molar-refractivity contribution in [1.29, 1.82) is 0 Å². The highest BCUT2D eigenvalue weighted by atomic mass is 16.5. The van der Waals surface area contributed by atoms with Crippen molar-refractivity contribution in [2.45, 2.75) is 32.3 Å². The number of tetrazole rings is 1. The molecular formula is C21H26N8O4. The van der Waals surface area contributed by atoms with E-state index in [0.29, 0.717) is 43.0 Å². The highest BCUT2D eigenvalue weighted by Gasteiger charge is 2.55. The summed E-state index contributed by atoms with van der Waals surface area (Å²) in [5.74, 6) is 0.267. The van der Waals surface area contributed by atoms with E-state index >= 15 is 0 Å². The first-order valence-corrected chi connectivity index (χ1v) is 11.0. The topological polar surface area (TPSA) is 128 Å². The summed E-state index contributed by atoms with van der Waals surface area (Å²) in [6, 6.07) is 0. The molecule has 5 heterocycles. The number of cyclic esters (lactones) is 1. The van der Waals surface area contributed by atoms with Crippen molar-refractivity contribution >= 4 is 11.9 Å². The van der Waals surface area contributed by atoms with Crippen molar-refractivity contribution in [3.05, 3.63) is 35.7 Å². The number of ether oxygens (including phenoxy) is 2. The molecule has 0 bridgehead atoms. The second-order valence-electron chi connectivity index (χ2n) is 8.66. The number of carbonyl (C=O) groups excluding carboxylic acids is 2. The summed E-state index contributed by atoms with van der Waals surface area (Å²) in [4.78, 5) is 38.2. The predicted molar refractivity (Wildman–Crippen MR) is 113 cm³/mol. The monoisotopic (exact) mass is 454 g/mol. The van der Waals surface area contributed by atoms with Crippen molar-refractivity contribution in [3.8, 4) is 5.82 Å². The third-order valence-electron chi connectivity index (χ3n) is 7.02. The van der Waals surface area contributed by atoms with Crippen molar-refractivity contribution < 1.29 is 19.1 Å². The van der Waals surface area contributed by atoms with Crippen LogP contribution >= 0.6 is 0 Å². The summed E-state index contributed by atoms with van der Waals surface area (Å²) in [6.45, 7) is 4.73. The fourth-order valence-corrected chi connectivity index (χ4v) is 4.98. The fraction of sp³-hybridized carbons (Fsp3) is 0.571. The molecule has 2 saturated heterocycles. The molecule has 1 amide bonds. The van der Waals surface area contributed by atoms with Crippen molar-refractivity contribution in [2.24, 2.45) is 5.41 Å². The Hall–Kier alpha value is -3.25. The molecule has 0 radical (unpaired) electrons. The van der Waals surface area contributed by atoms with Gasteiger partial charge < -0.3 is 19.3 Å². The number of hydrogen-bond acceptors (Lipinski definition) is 10. The minimum Gasteiger partial charge on any atom is -0.456 e. The maximum atomic E-state index is 13.5. The zero-order valence-corrected chi connectivity index (χ0v) is 18.7. The Kier molecular flexibility index (Phi) is 5.62. The van der Waals surface area contributed by atoms with Gasteiger partial charge in [0.05, 0.1) is 40.9 Å². The number of methoxy groups -OCH3 is 1. The predicted octanol–water partition coefficient (Wildman–Crippen LogP) is -0.235. The third-order valence-corrected chi connectivity index (χ3v) is 7.02. The summed E-state index contributed by atoms with van der Waals surface area (Å²) < 4.78 is 12.4. The van der Waals surface area contributed by atoms with Gasteiger partial charge >= 0.3 is 5.97 Å². The highest BCUT2D eigenvalue weighted by molar-refractivity contribution is 5.94. The number of amides is 1. The number of nitrogens with zero attached hydrogens (tertiary/aromatic N) is 8. The van der Waals surface area contributed by atoms with E-state index in [0.717, 1.165) is 25.2 Å². The quantitative estimate of drug-likeness (QED) is 0.540. The van der Waals surface area contributed by atoms with E-state index in [-0.39, 0.29) is 24.6 Å². The lowest BCUT2D eigenvalue weighted by molar-refractivity contribution is -0.148. The van der Waals surface area contributed by atoms with Crippen LogP contribution in [0.4, 0.5) is 0 Å². The van der Waals surface area contributed by atoms with Gasteiger partial charge in [-0.2, -0.15) is 4.68 Å². The summed E-state index contributed by atoms with van der Waals surface area (Å²) >= 11 is 0. The minimum absolute atomic E-state index is 0.0470. The van der Waals surface area contributed by atoms with Crippen LogP contribution in [0.25, 0.3) is 5.82 Å². The van der Waals surface area contributed by atoms with E-state index in [1.807, 2.05) is 0 Å². The molecule has 3 aliphatic rings. The van der Waals surface area contributed by atoms with E-state index in [4.69, 9.17) is 9.47 Å². The Morgan fingerprint density at radius 2 is 2.06 bits per heavy atom. The summed E-state index contributed by atoms with van der Waals surface area (Å²) in [5, 5.41) is 11.0. The molecule has 5 rings (SSSR count). The first-order chi connectivity index (χ1) is 16.0. The number of aromatic nitrogens is 6.